The van der Waals surface area contributed by atoms with Crippen molar-refractivity contribution in [2.75, 3.05) is 6.61 Å². The number of rotatable bonds is 2. The molecule has 0 fully saturated rings. The van der Waals surface area contributed by atoms with Crippen LogP contribution in [0.25, 0.3) is 16.9 Å². The molecular weight excluding hydrogens is 194 g/mol. The maximum absolute atomic E-state index is 5.42. The van der Waals surface area contributed by atoms with Crippen molar-refractivity contribution in [3.8, 4) is 5.88 Å². The quantitative estimate of drug-likeness (QED) is 0.674. The van der Waals surface area contributed by atoms with Crippen LogP contribution in [0.15, 0.2) is 18.7 Å². The van der Waals surface area contributed by atoms with E-state index < -0.39 is 0 Å². The van der Waals surface area contributed by atoms with E-state index >= 15 is 0 Å². The Hall–Kier alpha value is -2.11. The van der Waals surface area contributed by atoms with Gasteiger partial charge in [-0.05, 0) is 6.92 Å². The number of nitrogens with zero attached hydrogens (tertiary/aromatic N) is 4. The van der Waals surface area contributed by atoms with Gasteiger partial charge in [-0.15, -0.1) is 0 Å². The van der Waals surface area contributed by atoms with Crippen molar-refractivity contribution in [3.05, 3.63) is 18.7 Å². The summed E-state index contributed by atoms with van der Waals surface area (Å²) >= 11 is 0. The van der Waals surface area contributed by atoms with Crippen LogP contribution >= 0.6 is 0 Å². The lowest BCUT2D eigenvalue weighted by Gasteiger charge is -2.03. The summed E-state index contributed by atoms with van der Waals surface area (Å²) in [6.07, 6.45) is 5.13. The normalized spacial score (nSPS) is 11.3. The van der Waals surface area contributed by atoms with Gasteiger partial charge in [-0.1, -0.05) is 0 Å². The summed E-state index contributed by atoms with van der Waals surface area (Å²) in [6, 6.07) is 0. The fourth-order valence-corrected chi connectivity index (χ4v) is 1.56. The molecule has 0 amide bonds. The van der Waals surface area contributed by atoms with Gasteiger partial charge in [0.2, 0.25) is 11.7 Å². The molecule has 3 aromatic heterocycles. The van der Waals surface area contributed by atoms with E-state index in [1.54, 1.807) is 12.5 Å². The Labute approximate surface area is 84.9 Å². The smallest absolute Gasteiger partial charge is 0.245 e. The maximum Gasteiger partial charge on any atom is 0.245 e. The highest BCUT2D eigenvalue weighted by atomic mass is 16.5. The number of aromatic amines is 1. The van der Waals surface area contributed by atoms with Crippen LogP contribution in [0.5, 0.6) is 5.88 Å². The lowest BCUT2D eigenvalue weighted by atomic mass is 10.5. The van der Waals surface area contributed by atoms with Crippen molar-refractivity contribution < 1.29 is 4.74 Å². The number of fused-ring (bicyclic) bond motifs is 3. The van der Waals surface area contributed by atoms with Crippen LogP contribution in [0.1, 0.15) is 6.92 Å². The summed E-state index contributed by atoms with van der Waals surface area (Å²) in [7, 11) is 0. The fraction of sp³-hybridized carbons (Fsp3) is 0.222. The molecule has 0 spiro atoms. The molecule has 0 aromatic carbocycles. The molecule has 0 bridgehead atoms. The van der Waals surface area contributed by atoms with Crippen molar-refractivity contribution >= 4 is 16.9 Å². The van der Waals surface area contributed by atoms with Gasteiger partial charge >= 0.3 is 0 Å². The summed E-state index contributed by atoms with van der Waals surface area (Å²) < 4.78 is 7.23. The summed E-state index contributed by atoms with van der Waals surface area (Å²) in [5.74, 6) is 1.14. The van der Waals surface area contributed by atoms with Crippen molar-refractivity contribution in [2.24, 2.45) is 0 Å². The average molecular weight is 203 g/mol. The Morgan fingerprint density at radius 3 is 3.27 bits per heavy atom. The minimum Gasteiger partial charge on any atom is -0.476 e. The molecule has 3 aromatic rings. The Kier molecular flexibility index (Phi) is 1.61. The van der Waals surface area contributed by atoms with Crippen LogP contribution in [0.4, 0.5) is 0 Å². The predicted octanol–water partition coefficient (Wildman–Crippen LogP) is 1.00. The van der Waals surface area contributed by atoms with E-state index in [0.717, 1.165) is 11.2 Å². The van der Waals surface area contributed by atoms with Gasteiger partial charge in [0.1, 0.15) is 5.52 Å². The lowest BCUT2D eigenvalue weighted by Crippen LogP contribution is -1.99. The molecule has 0 atom stereocenters. The van der Waals surface area contributed by atoms with E-state index in [9.17, 15) is 0 Å². The molecular formula is C9H9N5O. The highest BCUT2D eigenvalue weighted by Gasteiger charge is 2.11. The molecule has 0 saturated heterocycles. The molecule has 0 radical (unpaired) electrons. The monoisotopic (exact) mass is 203 g/mol. The standard InChI is InChI=1S/C9H9N5O/c1-2-15-8-6-7(12-5-11-6)14-4-3-10-9(14)13-8/h3-5H,2H2,1H3,(H,11,12). The first-order valence-corrected chi connectivity index (χ1v) is 4.69. The van der Waals surface area contributed by atoms with Gasteiger partial charge in [0.25, 0.3) is 0 Å². The van der Waals surface area contributed by atoms with Crippen molar-refractivity contribution in [2.45, 2.75) is 6.92 Å². The lowest BCUT2D eigenvalue weighted by molar-refractivity contribution is 0.331. The number of hydrogen-bond donors (Lipinski definition) is 1. The van der Waals surface area contributed by atoms with E-state index in [1.807, 2.05) is 17.5 Å². The van der Waals surface area contributed by atoms with Gasteiger partial charge in [0, 0.05) is 12.4 Å². The predicted molar refractivity (Wildman–Crippen MR) is 53.8 cm³/mol. The van der Waals surface area contributed by atoms with Gasteiger partial charge in [0.15, 0.2) is 5.65 Å². The summed E-state index contributed by atoms with van der Waals surface area (Å²) in [5, 5.41) is 0. The molecule has 0 aliphatic heterocycles. The number of H-pyrrole nitrogens is 1. The van der Waals surface area contributed by atoms with Crippen LogP contribution in [0.3, 0.4) is 0 Å². The topological polar surface area (TPSA) is 68.1 Å². The van der Waals surface area contributed by atoms with Crippen molar-refractivity contribution in [1.29, 1.82) is 0 Å². The zero-order chi connectivity index (χ0) is 10.3. The summed E-state index contributed by atoms with van der Waals surface area (Å²) in [4.78, 5) is 15.6. The second-order valence-corrected chi connectivity index (χ2v) is 3.05. The Morgan fingerprint density at radius 2 is 2.40 bits per heavy atom. The van der Waals surface area contributed by atoms with Crippen LogP contribution in [-0.2, 0) is 0 Å². The zero-order valence-electron chi connectivity index (χ0n) is 8.14. The highest BCUT2D eigenvalue weighted by molar-refractivity contribution is 5.78. The van der Waals surface area contributed by atoms with Crippen LogP contribution in [0, 0.1) is 0 Å². The van der Waals surface area contributed by atoms with Crippen LogP contribution < -0.4 is 4.74 Å². The Morgan fingerprint density at radius 1 is 1.47 bits per heavy atom. The largest absolute Gasteiger partial charge is 0.476 e. The minimum atomic E-state index is 0.545. The molecule has 6 nitrogen and oxygen atoms in total. The van der Waals surface area contributed by atoms with Crippen LogP contribution in [0.2, 0.25) is 0 Å². The number of hydrogen-bond acceptors (Lipinski definition) is 4. The molecule has 15 heavy (non-hydrogen) atoms. The molecule has 6 heteroatoms. The van der Waals surface area contributed by atoms with E-state index in [4.69, 9.17) is 4.74 Å². The number of ether oxygens (including phenoxy) is 1. The van der Waals surface area contributed by atoms with Crippen molar-refractivity contribution in [1.82, 2.24) is 24.3 Å². The fourth-order valence-electron chi connectivity index (χ4n) is 1.56. The van der Waals surface area contributed by atoms with Crippen molar-refractivity contribution in [3.63, 3.8) is 0 Å². The Bertz CT molecular complexity index is 611. The molecule has 76 valence electrons. The van der Waals surface area contributed by atoms with E-state index in [0.29, 0.717) is 18.3 Å². The third-order valence-electron chi connectivity index (χ3n) is 2.17. The first-order valence-electron chi connectivity index (χ1n) is 4.69. The summed E-state index contributed by atoms with van der Waals surface area (Å²) in [6.45, 7) is 2.48. The third kappa shape index (κ3) is 1.08. The molecule has 3 heterocycles. The number of aromatic nitrogens is 5. The van der Waals surface area contributed by atoms with Crippen LogP contribution in [-0.4, -0.2) is 30.9 Å². The molecule has 1 N–H and O–H groups in total. The number of nitrogens with one attached hydrogen (secondary N) is 1. The molecule has 0 aliphatic carbocycles. The third-order valence-corrected chi connectivity index (χ3v) is 2.17. The minimum absolute atomic E-state index is 0.545. The van der Waals surface area contributed by atoms with Gasteiger partial charge in [-0.25, -0.2) is 9.97 Å². The molecule has 0 saturated carbocycles. The van der Waals surface area contributed by atoms with Gasteiger partial charge in [0.05, 0.1) is 12.9 Å². The highest BCUT2D eigenvalue weighted by Crippen LogP contribution is 2.20. The second kappa shape index (κ2) is 2.94. The zero-order valence-corrected chi connectivity index (χ0v) is 8.14. The second-order valence-electron chi connectivity index (χ2n) is 3.05. The van der Waals surface area contributed by atoms with E-state index in [-0.39, 0.29) is 0 Å². The van der Waals surface area contributed by atoms with Gasteiger partial charge < -0.3 is 9.72 Å². The summed E-state index contributed by atoms with van der Waals surface area (Å²) in [5.41, 5.74) is 1.57. The van der Waals surface area contributed by atoms with E-state index in [2.05, 4.69) is 19.9 Å². The Balaban J connectivity index is 2.43. The van der Waals surface area contributed by atoms with Gasteiger partial charge in [-0.2, -0.15) is 4.98 Å². The molecule has 0 unspecified atom stereocenters. The first-order chi connectivity index (χ1) is 7.40. The maximum atomic E-state index is 5.42. The molecule has 0 aliphatic rings. The average Bonchev–Trinajstić information content (AvgIpc) is 2.84. The first kappa shape index (κ1) is 8.22. The van der Waals surface area contributed by atoms with E-state index in [1.165, 1.54) is 0 Å². The SMILES string of the molecule is CCOc1nc2nccn2c2nc[nH]c12. The van der Waals surface area contributed by atoms with Gasteiger partial charge in [-0.3, -0.25) is 4.40 Å². The number of imidazole rings is 2. The molecule has 3 rings (SSSR count).